The molecule has 0 bridgehead atoms. The predicted octanol–water partition coefficient (Wildman–Crippen LogP) is 2.08. The number of nitrogens with zero attached hydrogens (tertiary/aromatic N) is 2. The van der Waals surface area contributed by atoms with E-state index in [2.05, 4.69) is 4.98 Å². The Bertz CT molecular complexity index is 506. The number of aromatic nitrogens is 1. The van der Waals surface area contributed by atoms with Crippen molar-refractivity contribution in [1.82, 2.24) is 9.88 Å². The molecule has 1 aromatic heterocycles. The Morgan fingerprint density at radius 1 is 1.55 bits per heavy atom. The van der Waals surface area contributed by atoms with E-state index in [1.54, 1.807) is 12.4 Å². The molecule has 2 rings (SSSR count). The molecule has 0 unspecified atom stereocenters. The maximum Gasteiger partial charge on any atom is 0.411 e. The summed E-state index contributed by atoms with van der Waals surface area (Å²) in [5.41, 5.74) is 1.38. The Kier molecular flexibility index (Phi) is 4.09. The second-order valence-corrected chi connectivity index (χ2v) is 5.79. The largest absolute Gasteiger partial charge is 0.444 e. The van der Waals surface area contributed by atoms with Gasteiger partial charge in [0.1, 0.15) is 5.60 Å². The number of aliphatic hydroxyl groups is 1. The van der Waals surface area contributed by atoms with E-state index in [9.17, 15) is 9.90 Å². The minimum Gasteiger partial charge on any atom is -0.444 e. The van der Waals surface area contributed by atoms with Crippen molar-refractivity contribution in [2.75, 3.05) is 13.2 Å². The zero-order chi connectivity index (χ0) is 14.8. The summed E-state index contributed by atoms with van der Waals surface area (Å²) in [6.45, 7) is 5.77. The van der Waals surface area contributed by atoms with Gasteiger partial charge in [-0.25, -0.2) is 4.79 Å². The summed E-state index contributed by atoms with van der Waals surface area (Å²) in [5.74, 6) is 0. The molecule has 1 aromatic rings. The van der Waals surface area contributed by atoms with Crippen molar-refractivity contribution in [2.45, 2.75) is 32.4 Å². The number of carbonyl (C=O) groups is 1. The second-order valence-electron chi connectivity index (χ2n) is 5.79. The highest BCUT2D eigenvalue weighted by molar-refractivity contribution is 5.78. The maximum absolute atomic E-state index is 12.2. The number of carbonyl (C=O) groups excluding carboxylic acids is 1. The number of pyridine rings is 1. The molecule has 0 radical (unpaired) electrons. The monoisotopic (exact) mass is 276 g/mol. The fraction of sp³-hybridized carbons (Fsp3) is 0.467. The van der Waals surface area contributed by atoms with Crippen LogP contribution in [0.15, 0.2) is 30.6 Å². The number of aliphatic hydroxyl groups excluding tert-OH is 1. The van der Waals surface area contributed by atoms with E-state index < -0.39 is 11.7 Å². The van der Waals surface area contributed by atoms with Crippen LogP contribution in [0.1, 0.15) is 26.3 Å². The first-order valence-electron chi connectivity index (χ1n) is 6.62. The van der Waals surface area contributed by atoms with Crippen molar-refractivity contribution < 1.29 is 14.6 Å². The van der Waals surface area contributed by atoms with Crippen molar-refractivity contribution in [2.24, 2.45) is 0 Å². The van der Waals surface area contributed by atoms with Crippen LogP contribution in [-0.2, 0) is 4.74 Å². The molecule has 0 fully saturated rings. The van der Waals surface area contributed by atoms with Crippen LogP contribution in [0.3, 0.4) is 0 Å². The fourth-order valence-electron chi connectivity index (χ4n) is 2.09. The van der Waals surface area contributed by atoms with Gasteiger partial charge < -0.3 is 9.84 Å². The standard InChI is InChI=1S/C15H20N2O3/c1-15(2,3)20-14(19)17-9-12(7-13(17)10-18)11-5-4-6-16-8-11/h4-8,13,18H,9-10H2,1-3H3/t13-/m0/s1. The molecular formula is C15H20N2O3. The third-order valence-electron chi connectivity index (χ3n) is 2.98. The Morgan fingerprint density at radius 3 is 2.85 bits per heavy atom. The van der Waals surface area contributed by atoms with E-state index in [4.69, 9.17) is 4.74 Å². The van der Waals surface area contributed by atoms with Gasteiger partial charge >= 0.3 is 6.09 Å². The van der Waals surface area contributed by atoms with Gasteiger partial charge in [0.15, 0.2) is 0 Å². The van der Waals surface area contributed by atoms with Crippen LogP contribution in [0.4, 0.5) is 4.79 Å². The zero-order valence-corrected chi connectivity index (χ0v) is 12.0. The highest BCUT2D eigenvalue weighted by Gasteiger charge is 2.32. The van der Waals surface area contributed by atoms with E-state index >= 15 is 0 Å². The molecule has 0 spiro atoms. The Morgan fingerprint density at radius 2 is 2.30 bits per heavy atom. The molecule has 0 saturated heterocycles. The van der Waals surface area contributed by atoms with Gasteiger partial charge in [0, 0.05) is 12.4 Å². The summed E-state index contributed by atoms with van der Waals surface area (Å²) in [4.78, 5) is 17.8. The first-order valence-corrected chi connectivity index (χ1v) is 6.62. The SMILES string of the molecule is CC(C)(C)OC(=O)N1CC(c2cccnc2)=C[C@H]1CO. The number of amides is 1. The zero-order valence-electron chi connectivity index (χ0n) is 12.0. The van der Waals surface area contributed by atoms with E-state index in [0.29, 0.717) is 6.54 Å². The van der Waals surface area contributed by atoms with Crippen molar-refractivity contribution in [3.63, 3.8) is 0 Å². The van der Waals surface area contributed by atoms with E-state index in [1.807, 2.05) is 39.0 Å². The second kappa shape index (κ2) is 5.63. The summed E-state index contributed by atoms with van der Waals surface area (Å²) >= 11 is 0. The molecule has 1 atom stereocenters. The van der Waals surface area contributed by atoms with Crippen molar-refractivity contribution in [1.29, 1.82) is 0 Å². The Hall–Kier alpha value is -1.88. The molecule has 1 amide bonds. The highest BCUT2D eigenvalue weighted by Crippen LogP contribution is 2.26. The first-order chi connectivity index (χ1) is 9.40. The predicted molar refractivity (Wildman–Crippen MR) is 76.0 cm³/mol. The van der Waals surface area contributed by atoms with Crippen molar-refractivity contribution in [3.05, 3.63) is 36.2 Å². The van der Waals surface area contributed by atoms with E-state index in [-0.39, 0.29) is 12.6 Å². The smallest absolute Gasteiger partial charge is 0.411 e. The van der Waals surface area contributed by atoms with Gasteiger partial charge in [-0.2, -0.15) is 0 Å². The molecule has 108 valence electrons. The van der Waals surface area contributed by atoms with Crippen LogP contribution in [0.5, 0.6) is 0 Å². The summed E-state index contributed by atoms with van der Waals surface area (Å²) < 4.78 is 5.36. The van der Waals surface area contributed by atoms with Crippen LogP contribution in [0, 0.1) is 0 Å². The normalized spacial score (nSPS) is 18.9. The van der Waals surface area contributed by atoms with Crippen LogP contribution in [0.25, 0.3) is 5.57 Å². The van der Waals surface area contributed by atoms with Gasteiger partial charge in [-0.15, -0.1) is 0 Å². The quantitative estimate of drug-likeness (QED) is 0.898. The van der Waals surface area contributed by atoms with Gasteiger partial charge in [-0.3, -0.25) is 9.88 Å². The fourth-order valence-corrected chi connectivity index (χ4v) is 2.09. The topological polar surface area (TPSA) is 62.7 Å². The van der Waals surface area contributed by atoms with Gasteiger partial charge in [-0.1, -0.05) is 12.1 Å². The van der Waals surface area contributed by atoms with Gasteiger partial charge in [0.05, 0.1) is 19.2 Å². The molecular weight excluding hydrogens is 256 g/mol. The van der Waals surface area contributed by atoms with Crippen molar-refractivity contribution in [3.8, 4) is 0 Å². The van der Waals surface area contributed by atoms with Crippen molar-refractivity contribution >= 4 is 11.7 Å². The minimum absolute atomic E-state index is 0.122. The molecule has 1 N–H and O–H groups in total. The van der Waals surface area contributed by atoms with Gasteiger partial charge in [0.25, 0.3) is 0 Å². The van der Waals surface area contributed by atoms with Gasteiger partial charge in [0.2, 0.25) is 0 Å². The maximum atomic E-state index is 12.2. The number of hydrogen-bond donors (Lipinski definition) is 1. The lowest BCUT2D eigenvalue weighted by Crippen LogP contribution is -2.41. The molecule has 20 heavy (non-hydrogen) atoms. The number of rotatable bonds is 2. The number of ether oxygens (including phenoxy) is 1. The third-order valence-corrected chi connectivity index (χ3v) is 2.98. The molecule has 2 heterocycles. The summed E-state index contributed by atoms with van der Waals surface area (Å²) in [6, 6.07) is 3.44. The average molecular weight is 276 g/mol. The summed E-state index contributed by atoms with van der Waals surface area (Å²) in [6.07, 6.45) is 4.93. The summed E-state index contributed by atoms with van der Waals surface area (Å²) in [5, 5.41) is 9.44. The molecule has 0 saturated carbocycles. The molecule has 5 heteroatoms. The molecule has 0 aliphatic carbocycles. The molecule has 0 aromatic carbocycles. The first kappa shape index (κ1) is 14.5. The van der Waals surface area contributed by atoms with E-state index in [1.165, 1.54) is 4.90 Å². The molecule has 5 nitrogen and oxygen atoms in total. The summed E-state index contributed by atoms with van der Waals surface area (Å²) in [7, 11) is 0. The Labute approximate surface area is 118 Å². The van der Waals surface area contributed by atoms with Crippen LogP contribution >= 0.6 is 0 Å². The van der Waals surface area contributed by atoms with E-state index in [0.717, 1.165) is 11.1 Å². The molecule has 1 aliphatic heterocycles. The molecule has 1 aliphatic rings. The lowest BCUT2D eigenvalue weighted by Gasteiger charge is -2.27. The number of hydrogen-bond acceptors (Lipinski definition) is 4. The average Bonchev–Trinajstić information content (AvgIpc) is 2.82. The lowest BCUT2D eigenvalue weighted by atomic mass is 10.1. The van der Waals surface area contributed by atoms with Gasteiger partial charge in [-0.05, 0) is 38.0 Å². The lowest BCUT2D eigenvalue weighted by molar-refractivity contribution is 0.0200. The third kappa shape index (κ3) is 3.36. The Balaban J connectivity index is 2.13. The van der Waals surface area contributed by atoms with Crippen LogP contribution < -0.4 is 0 Å². The van der Waals surface area contributed by atoms with Crippen LogP contribution in [0.2, 0.25) is 0 Å². The van der Waals surface area contributed by atoms with Crippen LogP contribution in [-0.4, -0.2) is 45.9 Å². The minimum atomic E-state index is -0.547. The highest BCUT2D eigenvalue weighted by atomic mass is 16.6.